The van der Waals surface area contributed by atoms with E-state index in [9.17, 15) is 9.59 Å². The third kappa shape index (κ3) is 1.82. The first-order valence-electron chi connectivity index (χ1n) is 7.35. The van der Waals surface area contributed by atoms with Crippen molar-refractivity contribution in [3.63, 3.8) is 0 Å². The number of hydrogen-bond acceptors (Lipinski definition) is 5. The van der Waals surface area contributed by atoms with Gasteiger partial charge in [-0.05, 0) is 36.8 Å². The number of cyclic esters (lactones) is 1. The lowest BCUT2D eigenvalue weighted by Gasteiger charge is -2.36. The zero-order chi connectivity index (χ0) is 15.3. The van der Waals surface area contributed by atoms with Gasteiger partial charge in [0.05, 0.1) is 25.0 Å². The average Bonchev–Trinajstić information content (AvgIpc) is 3.07. The van der Waals surface area contributed by atoms with Gasteiger partial charge in [0.15, 0.2) is 5.78 Å². The van der Waals surface area contributed by atoms with E-state index < -0.39 is 5.60 Å². The number of rotatable bonds is 3. The van der Waals surface area contributed by atoms with Crippen molar-refractivity contribution >= 4 is 11.8 Å². The standard InChI is InChI=1S/C17H16O5/c1-20-11-4-2-10(3-5-11)15(18)12-8-13-16(19)21-9-17(13)7-6-14(12)22-17/h2-7,12-14H,8-9H2,1H3/t12-,13-,14+,17+/m0/s1. The van der Waals surface area contributed by atoms with Crippen molar-refractivity contribution in [3.8, 4) is 5.75 Å². The predicted molar refractivity (Wildman–Crippen MR) is 76.6 cm³/mol. The Morgan fingerprint density at radius 2 is 2.09 bits per heavy atom. The number of esters is 1. The van der Waals surface area contributed by atoms with Gasteiger partial charge < -0.3 is 14.2 Å². The normalized spacial score (nSPS) is 35.1. The SMILES string of the molecule is COc1ccc(C(=O)[C@H]2C[C@H]3C(=O)OC[C@]34C=C[C@H]2O4)cc1. The number of benzene rings is 1. The van der Waals surface area contributed by atoms with Gasteiger partial charge in [-0.3, -0.25) is 9.59 Å². The van der Waals surface area contributed by atoms with Crippen molar-refractivity contribution in [2.45, 2.75) is 18.1 Å². The van der Waals surface area contributed by atoms with Crippen molar-refractivity contribution in [1.29, 1.82) is 0 Å². The largest absolute Gasteiger partial charge is 0.497 e. The van der Waals surface area contributed by atoms with Gasteiger partial charge in [0.2, 0.25) is 0 Å². The smallest absolute Gasteiger partial charge is 0.312 e. The second-order valence-corrected chi connectivity index (χ2v) is 5.99. The minimum absolute atomic E-state index is 0.00694. The van der Waals surface area contributed by atoms with E-state index in [0.717, 1.165) is 0 Å². The lowest BCUT2D eigenvalue weighted by molar-refractivity contribution is -0.144. The average molecular weight is 300 g/mol. The van der Waals surface area contributed by atoms with E-state index in [-0.39, 0.29) is 36.3 Å². The molecule has 3 heterocycles. The van der Waals surface area contributed by atoms with Crippen LogP contribution >= 0.6 is 0 Å². The monoisotopic (exact) mass is 300 g/mol. The molecule has 2 bridgehead atoms. The number of Topliss-reactive ketones (excluding diaryl/α,β-unsaturated/α-hetero) is 1. The minimum atomic E-state index is -0.640. The molecule has 1 aromatic rings. The quantitative estimate of drug-likeness (QED) is 0.483. The van der Waals surface area contributed by atoms with Crippen LogP contribution in [0.25, 0.3) is 0 Å². The van der Waals surface area contributed by atoms with Gasteiger partial charge in [-0.25, -0.2) is 0 Å². The van der Waals surface area contributed by atoms with Crippen LogP contribution in [-0.2, 0) is 14.3 Å². The maximum Gasteiger partial charge on any atom is 0.312 e. The fourth-order valence-corrected chi connectivity index (χ4v) is 3.58. The molecule has 0 aliphatic carbocycles. The maximum absolute atomic E-state index is 12.8. The molecule has 4 rings (SSSR count). The highest BCUT2D eigenvalue weighted by atomic mass is 16.6. The molecule has 4 atom stereocenters. The Morgan fingerprint density at radius 1 is 1.32 bits per heavy atom. The van der Waals surface area contributed by atoms with E-state index in [4.69, 9.17) is 14.2 Å². The third-order valence-corrected chi connectivity index (χ3v) is 4.84. The van der Waals surface area contributed by atoms with Crippen molar-refractivity contribution in [2.75, 3.05) is 13.7 Å². The van der Waals surface area contributed by atoms with Crippen molar-refractivity contribution < 1.29 is 23.8 Å². The van der Waals surface area contributed by atoms with E-state index in [1.165, 1.54) is 0 Å². The molecule has 2 fully saturated rings. The maximum atomic E-state index is 12.8. The van der Waals surface area contributed by atoms with Crippen molar-refractivity contribution in [3.05, 3.63) is 42.0 Å². The number of hydrogen-bond donors (Lipinski definition) is 0. The molecule has 0 N–H and O–H groups in total. The summed E-state index contributed by atoms with van der Waals surface area (Å²) in [5, 5.41) is 0. The lowest BCUT2D eigenvalue weighted by atomic mass is 9.78. The molecular formula is C17H16O5. The molecule has 5 nitrogen and oxygen atoms in total. The zero-order valence-electron chi connectivity index (χ0n) is 12.2. The summed E-state index contributed by atoms with van der Waals surface area (Å²) in [5.74, 6) is -0.300. The van der Waals surface area contributed by atoms with Crippen LogP contribution in [0.5, 0.6) is 5.75 Å². The second kappa shape index (κ2) is 4.68. The Hall–Kier alpha value is -2.14. The number of methoxy groups -OCH3 is 1. The molecule has 0 radical (unpaired) electrons. The minimum Gasteiger partial charge on any atom is -0.497 e. The highest BCUT2D eigenvalue weighted by Crippen LogP contribution is 2.48. The van der Waals surface area contributed by atoms with Crippen LogP contribution < -0.4 is 4.74 Å². The van der Waals surface area contributed by atoms with E-state index in [1.807, 2.05) is 12.2 Å². The summed E-state index contributed by atoms with van der Waals surface area (Å²) >= 11 is 0. The summed E-state index contributed by atoms with van der Waals surface area (Å²) in [6.45, 7) is 0.257. The summed E-state index contributed by atoms with van der Waals surface area (Å²) in [5.41, 5.74) is -0.0353. The lowest BCUT2D eigenvalue weighted by Crippen LogP contribution is -2.47. The first-order chi connectivity index (χ1) is 10.6. The molecule has 0 amide bonds. The molecule has 1 spiro atoms. The summed E-state index contributed by atoms with van der Waals surface area (Å²) < 4.78 is 16.2. The first kappa shape index (κ1) is 13.5. The number of fused-ring (bicyclic) bond motifs is 1. The van der Waals surface area contributed by atoms with Crippen LogP contribution in [0.4, 0.5) is 0 Å². The first-order valence-corrected chi connectivity index (χ1v) is 7.35. The predicted octanol–water partition coefficient (Wildman–Crippen LogP) is 1.76. The fourth-order valence-electron chi connectivity index (χ4n) is 3.58. The van der Waals surface area contributed by atoms with Gasteiger partial charge in [0.25, 0.3) is 0 Å². The molecule has 0 saturated carbocycles. The highest BCUT2D eigenvalue weighted by molar-refractivity contribution is 5.99. The number of carbonyl (C=O) groups excluding carboxylic acids is 2. The number of ether oxygens (including phenoxy) is 3. The Labute approximate surface area is 127 Å². The molecule has 3 aliphatic heterocycles. The van der Waals surface area contributed by atoms with Gasteiger partial charge in [0.1, 0.15) is 18.0 Å². The van der Waals surface area contributed by atoms with Gasteiger partial charge in [-0.15, -0.1) is 0 Å². The molecule has 2 saturated heterocycles. The van der Waals surface area contributed by atoms with Gasteiger partial charge in [-0.2, -0.15) is 0 Å². The molecule has 0 aromatic heterocycles. The van der Waals surface area contributed by atoms with E-state index in [0.29, 0.717) is 17.7 Å². The molecule has 114 valence electrons. The van der Waals surface area contributed by atoms with Crippen LogP contribution in [0.3, 0.4) is 0 Å². The van der Waals surface area contributed by atoms with Crippen molar-refractivity contribution in [1.82, 2.24) is 0 Å². The van der Waals surface area contributed by atoms with Crippen LogP contribution in [-0.4, -0.2) is 37.2 Å². The van der Waals surface area contributed by atoms with E-state index in [1.54, 1.807) is 31.4 Å². The topological polar surface area (TPSA) is 61.8 Å². The third-order valence-electron chi connectivity index (χ3n) is 4.84. The summed E-state index contributed by atoms with van der Waals surface area (Å²) in [4.78, 5) is 24.7. The van der Waals surface area contributed by atoms with E-state index >= 15 is 0 Å². The Morgan fingerprint density at radius 3 is 2.82 bits per heavy atom. The summed E-state index contributed by atoms with van der Waals surface area (Å²) in [7, 11) is 1.58. The second-order valence-electron chi connectivity index (χ2n) is 5.99. The fraction of sp³-hybridized carbons (Fsp3) is 0.412. The summed E-state index contributed by atoms with van der Waals surface area (Å²) in [6.07, 6.45) is 3.99. The van der Waals surface area contributed by atoms with E-state index in [2.05, 4.69) is 0 Å². The molecule has 1 aromatic carbocycles. The van der Waals surface area contributed by atoms with Crippen molar-refractivity contribution in [2.24, 2.45) is 11.8 Å². The summed E-state index contributed by atoms with van der Waals surface area (Å²) in [6, 6.07) is 7.01. The van der Waals surface area contributed by atoms with Crippen LogP contribution in [0.15, 0.2) is 36.4 Å². The Kier molecular flexibility index (Phi) is 2.87. The highest BCUT2D eigenvalue weighted by Gasteiger charge is 2.59. The van der Waals surface area contributed by atoms with Gasteiger partial charge in [0, 0.05) is 5.56 Å². The molecule has 3 aliphatic rings. The van der Waals surface area contributed by atoms with Gasteiger partial charge >= 0.3 is 5.97 Å². The number of carbonyl (C=O) groups is 2. The van der Waals surface area contributed by atoms with Crippen LogP contribution in [0.1, 0.15) is 16.8 Å². The zero-order valence-corrected chi connectivity index (χ0v) is 12.2. The molecule has 5 heteroatoms. The van der Waals surface area contributed by atoms with Crippen LogP contribution in [0, 0.1) is 11.8 Å². The molecular weight excluding hydrogens is 284 g/mol. The van der Waals surface area contributed by atoms with Gasteiger partial charge in [-0.1, -0.05) is 6.08 Å². The number of ketones is 1. The Bertz CT molecular complexity index is 662. The molecule has 22 heavy (non-hydrogen) atoms. The van der Waals surface area contributed by atoms with Crippen LogP contribution in [0.2, 0.25) is 0 Å². The Balaban J connectivity index is 1.61. The molecule has 0 unspecified atom stereocenters.